The predicted molar refractivity (Wildman–Crippen MR) is 82.5 cm³/mol. The normalized spacial score (nSPS) is 23.1. The van der Waals surface area contributed by atoms with E-state index < -0.39 is 0 Å². The first-order valence-corrected chi connectivity index (χ1v) is 8.26. The van der Waals surface area contributed by atoms with Crippen LogP contribution in [0.1, 0.15) is 37.4 Å². The SMILES string of the molecule is Cc1nc(CN(C)C2CCC2CNCC(C)C)cs1. The van der Waals surface area contributed by atoms with Crippen molar-refractivity contribution in [2.24, 2.45) is 11.8 Å². The molecule has 0 aromatic carbocycles. The van der Waals surface area contributed by atoms with Crippen molar-refractivity contribution in [1.82, 2.24) is 15.2 Å². The summed E-state index contributed by atoms with van der Waals surface area (Å²) in [6.07, 6.45) is 2.71. The molecule has 4 heteroatoms. The summed E-state index contributed by atoms with van der Waals surface area (Å²) < 4.78 is 0. The summed E-state index contributed by atoms with van der Waals surface area (Å²) in [5, 5.41) is 6.96. The van der Waals surface area contributed by atoms with Gasteiger partial charge in [0.1, 0.15) is 0 Å². The van der Waals surface area contributed by atoms with Crippen LogP contribution in [-0.4, -0.2) is 36.1 Å². The summed E-state index contributed by atoms with van der Waals surface area (Å²) >= 11 is 1.75. The number of aryl methyl sites for hydroxylation is 1. The number of thiazole rings is 1. The van der Waals surface area contributed by atoms with Crippen LogP contribution in [0.15, 0.2) is 5.38 Å². The largest absolute Gasteiger partial charge is 0.316 e. The second-order valence-electron chi connectivity index (χ2n) is 6.23. The monoisotopic (exact) mass is 281 g/mol. The molecule has 0 amide bonds. The molecule has 1 fully saturated rings. The smallest absolute Gasteiger partial charge is 0.0897 e. The standard InChI is InChI=1S/C15H27N3S/c1-11(2)7-16-8-13-5-6-15(13)18(4)9-14-10-19-12(3)17-14/h10-11,13,15-16H,5-9H2,1-4H3. The van der Waals surface area contributed by atoms with Crippen molar-refractivity contribution < 1.29 is 0 Å². The van der Waals surface area contributed by atoms with Gasteiger partial charge in [-0.3, -0.25) is 4.90 Å². The molecule has 1 heterocycles. The molecule has 0 radical (unpaired) electrons. The molecule has 1 N–H and O–H groups in total. The molecule has 1 aliphatic carbocycles. The Kier molecular flexibility index (Phi) is 5.37. The third-order valence-corrected chi connectivity index (χ3v) is 4.80. The first-order chi connectivity index (χ1) is 9.06. The van der Waals surface area contributed by atoms with E-state index in [-0.39, 0.29) is 0 Å². The number of nitrogens with zero attached hydrogens (tertiary/aromatic N) is 2. The van der Waals surface area contributed by atoms with E-state index in [2.05, 4.69) is 48.4 Å². The maximum absolute atomic E-state index is 4.56. The Hall–Kier alpha value is -0.450. The van der Waals surface area contributed by atoms with Crippen LogP contribution in [0, 0.1) is 18.8 Å². The fourth-order valence-corrected chi connectivity index (χ4v) is 3.38. The fraction of sp³-hybridized carbons (Fsp3) is 0.800. The number of nitrogens with one attached hydrogen (secondary N) is 1. The Labute approximate surface area is 121 Å². The summed E-state index contributed by atoms with van der Waals surface area (Å²) in [5.41, 5.74) is 1.23. The average Bonchev–Trinajstić information content (AvgIpc) is 2.68. The highest BCUT2D eigenvalue weighted by Gasteiger charge is 2.33. The van der Waals surface area contributed by atoms with Crippen LogP contribution in [0.3, 0.4) is 0 Å². The van der Waals surface area contributed by atoms with Crippen LogP contribution >= 0.6 is 11.3 Å². The van der Waals surface area contributed by atoms with Crippen molar-refractivity contribution >= 4 is 11.3 Å². The van der Waals surface area contributed by atoms with E-state index in [1.807, 2.05) is 0 Å². The highest BCUT2D eigenvalue weighted by atomic mass is 32.1. The van der Waals surface area contributed by atoms with Crippen LogP contribution in [0.25, 0.3) is 0 Å². The first-order valence-electron chi connectivity index (χ1n) is 7.38. The zero-order valence-electron chi connectivity index (χ0n) is 12.6. The minimum Gasteiger partial charge on any atom is -0.316 e. The number of aromatic nitrogens is 1. The molecule has 1 saturated carbocycles. The Balaban J connectivity index is 1.74. The van der Waals surface area contributed by atoms with Gasteiger partial charge in [0.2, 0.25) is 0 Å². The van der Waals surface area contributed by atoms with Gasteiger partial charge in [-0.2, -0.15) is 0 Å². The third-order valence-electron chi connectivity index (χ3n) is 3.98. The Bertz CT molecular complexity index is 388. The highest BCUT2D eigenvalue weighted by Crippen LogP contribution is 2.31. The highest BCUT2D eigenvalue weighted by molar-refractivity contribution is 7.09. The van der Waals surface area contributed by atoms with Crippen molar-refractivity contribution in [3.05, 3.63) is 16.1 Å². The molecule has 2 atom stereocenters. The van der Waals surface area contributed by atoms with E-state index in [1.165, 1.54) is 30.1 Å². The molecule has 0 spiro atoms. The van der Waals surface area contributed by atoms with Gasteiger partial charge in [-0.05, 0) is 51.7 Å². The van der Waals surface area contributed by atoms with Gasteiger partial charge in [0.05, 0.1) is 10.7 Å². The number of hydrogen-bond donors (Lipinski definition) is 1. The van der Waals surface area contributed by atoms with Gasteiger partial charge in [-0.1, -0.05) is 13.8 Å². The van der Waals surface area contributed by atoms with E-state index in [1.54, 1.807) is 11.3 Å². The zero-order valence-corrected chi connectivity index (χ0v) is 13.5. The molecule has 1 aromatic heterocycles. The summed E-state index contributed by atoms with van der Waals surface area (Å²) in [6.45, 7) is 9.91. The molecule has 0 bridgehead atoms. The van der Waals surface area contributed by atoms with E-state index >= 15 is 0 Å². The first kappa shape index (κ1) is 14.9. The summed E-state index contributed by atoms with van der Waals surface area (Å²) in [7, 11) is 2.24. The molecule has 3 nitrogen and oxygen atoms in total. The lowest BCUT2D eigenvalue weighted by Gasteiger charge is -2.43. The van der Waals surface area contributed by atoms with E-state index in [9.17, 15) is 0 Å². The molecule has 1 aromatic rings. The predicted octanol–water partition coefficient (Wildman–Crippen LogP) is 2.91. The summed E-state index contributed by atoms with van der Waals surface area (Å²) in [6, 6.07) is 0.738. The average molecular weight is 281 g/mol. The third kappa shape index (κ3) is 4.26. The van der Waals surface area contributed by atoms with Crippen LogP contribution in [0.2, 0.25) is 0 Å². The number of rotatable bonds is 7. The lowest BCUT2D eigenvalue weighted by atomic mass is 9.78. The van der Waals surface area contributed by atoms with Gasteiger partial charge in [0, 0.05) is 18.0 Å². The second kappa shape index (κ2) is 6.82. The molecule has 19 heavy (non-hydrogen) atoms. The van der Waals surface area contributed by atoms with Crippen molar-refractivity contribution in [2.45, 2.75) is 46.2 Å². The molecule has 1 aliphatic rings. The minimum absolute atomic E-state index is 0.738. The maximum atomic E-state index is 4.56. The van der Waals surface area contributed by atoms with Gasteiger partial charge in [0.15, 0.2) is 0 Å². The van der Waals surface area contributed by atoms with Crippen molar-refractivity contribution in [1.29, 1.82) is 0 Å². The Morgan fingerprint density at radius 3 is 2.79 bits per heavy atom. The Morgan fingerprint density at radius 1 is 1.47 bits per heavy atom. The fourth-order valence-electron chi connectivity index (χ4n) is 2.78. The van der Waals surface area contributed by atoms with Gasteiger partial charge in [-0.25, -0.2) is 4.98 Å². The van der Waals surface area contributed by atoms with E-state index in [4.69, 9.17) is 0 Å². The van der Waals surface area contributed by atoms with Crippen molar-refractivity contribution in [3.8, 4) is 0 Å². The summed E-state index contributed by atoms with van der Waals surface area (Å²) in [4.78, 5) is 7.05. The van der Waals surface area contributed by atoms with Gasteiger partial charge < -0.3 is 5.32 Å². The maximum Gasteiger partial charge on any atom is 0.0897 e. The quantitative estimate of drug-likeness (QED) is 0.833. The zero-order chi connectivity index (χ0) is 13.8. The molecule has 0 aliphatic heterocycles. The van der Waals surface area contributed by atoms with Gasteiger partial charge in [0.25, 0.3) is 0 Å². The topological polar surface area (TPSA) is 28.2 Å². The Morgan fingerprint density at radius 2 is 2.26 bits per heavy atom. The lowest BCUT2D eigenvalue weighted by Crippen LogP contribution is -2.49. The van der Waals surface area contributed by atoms with E-state index in [0.29, 0.717) is 0 Å². The van der Waals surface area contributed by atoms with Crippen molar-refractivity contribution in [2.75, 3.05) is 20.1 Å². The van der Waals surface area contributed by atoms with Gasteiger partial charge >= 0.3 is 0 Å². The molecule has 2 rings (SSSR count). The minimum atomic E-state index is 0.738. The molecule has 0 saturated heterocycles. The van der Waals surface area contributed by atoms with E-state index in [0.717, 1.165) is 31.0 Å². The van der Waals surface area contributed by atoms with Crippen LogP contribution in [0.4, 0.5) is 0 Å². The lowest BCUT2D eigenvalue weighted by molar-refractivity contribution is 0.0768. The van der Waals surface area contributed by atoms with Crippen molar-refractivity contribution in [3.63, 3.8) is 0 Å². The molecular weight excluding hydrogens is 254 g/mol. The van der Waals surface area contributed by atoms with Crippen LogP contribution < -0.4 is 5.32 Å². The van der Waals surface area contributed by atoms with Gasteiger partial charge in [-0.15, -0.1) is 11.3 Å². The van der Waals surface area contributed by atoms with Crippen LogP contribution in [0.5, 0.6) is 0 Å². The molecular formula is C15H27N3S. The van der Waals surface area contributed by atoms with Crippen LogP contribution in [-0.2, 0) is 6.54 Å². The molecule has 108 valence electrons. The number of hydrogen-bond acceptors (Lipinski definition) is 4. The molecule has 2 unspecified atom stereocenters. The second-order valence-corrected chi connectivity index (χ2v) is 7.29. The summed E-state index contributed by atoms with van der Waals surface area (Å²) in [5.74, 6) is 1.57.